The van der Waals surface area contributed by atoms with Gasteiger partial charge in [0.15, 0.2) is 0 Å². The molecule has 150 valence electrons. The quantitative estimate of drug-likeness (QED) is 0.646. The fourth-order valence-corrected chi connectivity index (χ4v) is 7.22. The van der Waals surface area contributed by atoms with Crippen molar-refractivity contribution in [3.05, 3.63) is 90.5 Å². The fraction of sp³-hybridized carbons (Fsp3) is 0.308. The molecule has 1 aliphatic rings. The van der Waals surface area contributed by atoms with Crippen LogP contribution in [0.15, 0.2) is 84.9 Å². The number of rotatable bonds is 5. The molecule has 2 unspecified atom stereocenters. The molecule has 1 aliphatic heterocycles. The van der Waals surface area contributed by atoms with Crippen LogP contribution in [0.1, 0.15) is 26.3 Å². The molecule has 2 atom stereocenters. The van der Waals surface area contributed by atoms with E-state index in [0.29, 0.717) is 5.92 Å². The normalized spacial score (nSPS) is 17.4. The van der Waals surface area contributed by atoms with E-state index in [4.69, 9.17) is 4.43 Å². The predicted octanol–water partition coefficient (Wildman–Crippen LogP) is 4.24. The molecule has 0 aromatic heterocycles. The molecule has 0 spiro atoms. The maximum atomic E-state index is 7.14. The molecule has 3 aromatic carbocycles. The molecule has 3 heteroatoms. The molecule has 0 amide bonds. The van der Waals surface area contributed by atoms with Gasteiger partial charge in [-0.3, -0.25) is 0 Å². The minimum atomic E-state index is -1.79. The Labute approximate surface area is 176 Å². The standard InChI is InChI=1S/C26H31NOSi/c1-26(2,3)25(21-18-20-12-10-11-17-24(20)27-19-21)28-29(22-13-6-4-7-14-22)23-15-8-5-9-16-23/h4-17,21,25,27,29H,18-19H2,1-3H3. The van der Waals surface area contributed by atoms with Gasteiger partial charge in [0.05, 0.1) is 6.10 Å². The molecule has 0 fully saturated rings. The smallest absolute Gasteiger partial charge is 0.240 e. The van der Waals surface area contributed by atoms with Crippen molar-refractivity contribution >= 4 is 25.1 Å². The van der Waals surface area contributed by atoms with Crippen molar-refractivity contribution < 1.29 is 4.43 Å². The Kier molecular flexibility index (Phi) is 5.88. The van der Waals surface area contributed by atoms with Gasteiger partial charge in [-0.1, -0.05) is 99.6 Å². The first-order valence-corrected chi connectivity index (χ1v) is 12.2. The van der Waals surface area contributed by atoms with Crippen molar-refractivity contribution in [1.29, 1.82) is 0 Å². The summed E-state index contributed by atoms with van der Waals surface area (Å²) in [4.78, 5) is 0. The largest absolute Gasteiger partial charge is 0.407 e. The summed E-state index contributed by atoms with van der Waals surface area (Å²) in [6.45, 7) is 7.92. The number of hydrogen-bond acceptors (Lipinski definition) is 2. The molecule has 0 radical (unpaired) electrons. The van der Waals surface area contributed by atoms with Crippen LogP contribution in [0.3, 0.4) is 0 Å². The fourth-order valence-electron chi connectivity index (χ4n) is 4.45. The maximum Gasteiger partial charge on any atom is 0.240 e. The number of anilines is 1. The molecule has 0 saturated carbocycles. The zero-order valence-electron chi connectivity index (χ0n) is 17.6. The van der Waals surface area contributed by atoms with E-state index < -0.39 is 9.04 Å². The minimum Gasteiger partial charge on any atom is -0.407 e. The molecule has 4 rings (SSSR count). The Hall–Kier alpha value is -2.36. The Morgan fingerprint density at radius 3 is 1.97 bits per heavy atom. The highest BCUT2D eigenvalue weighted by atomic mass is 28.3. The van der Waals surface area contributed by atoms with E-state index in [1.54, 1.807) is 0 Å². The van der Waals surface area contributed by atoms with Gasteiger partial charge < -0.3 is 9.74 Å². The Balaban J connectivity index is 1.66. The van der Waals surface area contributed by atoms with Crippen molar-refractivity contribution in [2.45, 2.75) is 33.3 Å². The first-order valence-electron chi connectivity index (χ1n) is 10.6. The third-order valence-corrected chi connectivity index (χ3v) is 8.37. The topological polar surface area (TPSA) is 21.3 Å². The van der Waals surface area contributed by atoms with Crippen LogP contribution in [0, 0.1) is 11.3 Å². The lowest BCUT2D eigenvalue weighted by Crippen LogP contribution is -2.53. The second-order valence-electron chi connectivity index (χ2n) is 9.13. The van der Waals surface area contributed by atoms with Crippen LogP contribution in [0.4, 0.5) is 5.69 Å². The minimum absolute atomic E-state index is 0.0629. The molecule has 0 bridgehead atoms. The zero-order valence-corrected chi connectivity index (χ0v) is 18.8. The van der Waals surface area contributed by atoms with Gasteiger partial charge in [-0.25, -0.2) is 0 Å². The van der Waals surface area contributed by atoms with E-state index in [1.807, 2.05) is 0 Å². The first kappa shape index (κ1) is 19.9. The highest BCUT2D eigenvalue weighted by Crippen LogP contribution is 2.35. The molecule has 29 heavy (non-hydrogen) atoms. The van der Waals surface area contributed by atoms with Gasteiger partial charge in [0.25, 0.3) is 0 Å². The first-order chi connectivity index (χ1) is 14.0. The van der Waals surface area contributed by atoms with Crippen molar-refractivity contribution in [1.82, 2.24) is 0 Å². The molecule has 0 saturated heterocycles. The Morgan fingerprint density at radius 2 is 1.38 bits per heavy atom. The summed E-state index contributed by atoms with van der Waals surface area (Å²) in [6, 6.07) is 30.3. The molecule has 0 aliphatic carbocycles. The van der Waals surface area contributed by atoms with E-state index in [-0.39, 0.29) is 11.5 Å². The van der Waals surface area contributed by atoms with E-state index in [2.05, 4.69) is 111 Å². The number of nitrogens with one attached hydrogen (secondary N) is 1. The number of benzene rings is 3. The molecular formula is C26H31NOSi. The van der Waals surface area contributed by atoms with Crippen LogP contribution < -0.4 is 15.7 Å². The summed E-state index contributed by atoms with van der Waals surface area (Å²) < 4.78 is 7.14. The van der Waals surface area contributed by atoms with E-state index in [9.17, 15) is 0 Å². The number of hydrogen-bond donors (Lipinski definition) is 1. The summed E-state index contributed by atoms with van der Waals surface area (Å²) >= 11 is 0. The number of para-hydroxylation sites is 1. The Bertz CT molecular complexity index is 881. The molecule has 1 N–H and O–H groups in total. The third-order valence-electron chi connectivity index (χ3n) is 5.82. The van der Waals surface area contributed by atoms with Crippen molar-refractivity contribution in [2.24, 2.45) is 11.3 Å². The van der Waals surface area contributed by atoms with E-state index in [1.165, 1.54) is 21.6 Å². The van der Waals surface area contributed by atoms with Crippen LogP contribution in [0.2, 0.25) is 0 Å². The summed E-state index contributed by atoms with van der Waals surface area (Å²) in [6.07, 6.45) is 1.25. The molecule has 3 aromatic rings. The van der Waals surface area contributed by atoms with Crippen LogP contribution in [-0.2, 0) is 10.8 Å². The van der Waals surface area contributed by atoms with Crippen LogP contribution >= 0.6 is 0 Å². The lowest BCUT2D eigenvalue weighted by Gasteiger charge is -2.42. The van der Waals surface area contributed by atoms with Crippen LogP contribution in [0.5, 0.6) is 0 Å². The SMILES string of the molecule is CC(C)(C)C(O[SiH](c1ccccc1)c1ccccc1)C1CNc2ccccc2C1. The average Bonchev–Trinajstić information content (AvgIpc) is 2.74. The monoisotopic (exact) mass is 401 g/mol. The van der Waals surface area contributed by atoms with Gasteiger partial charge in [-0.05, 0) is 33.8 Å². The second kappa shape index (κ2) is 8.56. The van der Waals surface area contributed by atoms with Gasteiger partial charge in [-0.2, -0.15) is 0 Å². The van der Waals surface area contributed by atoms with Crippen LogP contribution in [-0.4, -0.2) is 21.7 Å². The third kappa shape index (κ3) is 4.63. The molecule has 1 heterocycles. The summed E-state index contributed by atoms with van der Waals surface area (Å²) in [5.41, 5.74) is 2.74. The molecule has 2 nitrogen and oxygen atoms in total. The number of fused-ring (bicyclic) bond motifs is 1. The van der Waals surface area contributed by atoms with E-state index in [0.717, 1.165) is 13.0 Å². The lowest BCUT2D eigenvalue weighted by molar-refractivity contribution is 0.0389. The van der Waals surface area contributed by atoms with Crippen LogP contribution in [0.25, 0.3) is 0 Å². The van der Waals surface area contributed by atoms with Crippen molar-refractivity contribution in [3.63, 3.8) is 0 Å². The van der Waals surface area contributed by atoms with Crippen molar-refractivity contribution in [2.75, 3.05) is 11.9 Å². The average molecular weight is 402 g/mol. The zero-order chi connectivity index (χ0) is 20.3. The maximum absolute atomic E-state index is 7.14. The van der Waals surface area contributed by atoms with Gasteiger partial charge in [-0.15, -0.1) is 0 Å². The van der Waals surface area contributed by atoms with Gasteiger partial charge in [0.2, 0.25) is 9.04 Å². The summed E-state index contributed by atoms with van der Waals surface area (Å²) in [5.74, 6) is 0.451. The summed E-state index contributed by atoms with van der Waals surface area (Å²) in [5, 5.41) is 6.34. The summed E-state index contributed by atoms with van der Waals surface area (Å²) in [7, 11) is -1.79. The predicted molar refractivity (Wildman–Crippen MR) is 126 cm³/mol. The Morgan fingerprint density at radius 1 is 0.828 bits per heavy atom. The highest BCUT2D eigenvalue weighted by molar-refractivity contribution is 6.80. The second-order valence-corrected chi connectivity index (χ2v) is 11.5. The van der Waals surface area contributed by atoms with Gasteiger partial charge >= 0.3 is 0 Å². The van der Waals surface area contributed by atoms with Gasteiger partial charge in [0.1, 0.15) is 0 Å². The van der Waals surface area contributed by atoms with E-state index >= 15 is 0 Å². The molecular weight excluding hydrogens is 370 g/mol. The van der Waals surface area contributed by atoms with Gasteiger partial charge in [0, 0.05) is 18.2 Å². The highest BCUT2D eigenvalue weighted by Gasteiger charge is 2.37. The lowest BCUT2D eigenvalue weighted by atomic mass is 9.77. The van der Waals surface area contributed by atoms with Crippen molar-refractivity contribution in [3.8, 4) is 0 Å².